The van der Waals surface area contributed by atoms with Crippen LogP contribution in [0.3, 0.4) is 0 Å². The Balaban J connectivity index is 1.34. The molecule has 0 saturated carbocycles. The van der Waals surface area contributed by atoms with Gasteiger partial charge in [-0.15, -0.1) is 0 Å². The first-order valence-corrected chi connectivity index (χ1v) is 14.8. The Hall–Kier alpha value is -5.03. The largest absolute Gasteiger partial charge is 0.484 e. The van der Waals surface area contributed by atoms with Gasteiger partial charge in [0.25, 0.3) is 21.8 Å². The SMILES string of the molecule is Cc1ccc(S(=O)(=O)N(CC(=O)N/N=C\c2ccc(OCC(=O)N[C@@H](C)c3ccccc3)cc2)c2ccccc2F)cc1. The summed E-state index contributed by atoms with van der Waals surface area (Å²) in [4.78, 5) is 24.9. The lowest BCUT2D eigenvalue weighted by molar-refractivity contribution is -0.123. The second-order valence-corrected chi connectivity index (χ2v) is 11.5. The van der Waals surface area contributed by atoms with Crippen LogP contribution in [0.15, 0.2) is 113 Å². The zero-order valence-electron chi connectivity index (χ0n) is 23.6. The first-order valence-electron chi connectivity index (χ1n) is 13.4. The molecule has 0 aliphatic carbocycles. The zero-order chi connectivity index (χ0) is 30.8. The number of rotatable bonds is 12. The van der Waals surface area contributed by atoms with Gasteiger partial charge in [0, 0.05) is 0 Å². The molecule has 222 valence electrons. The van der Waals surface area contributed by atoms with E-state index in [4.69, 9.17) is 4.74 Å². The number of hydrogen-bond donors (Lipinski definition) is 2. The summed E-state index contributed by atoms with van der Waals surface area (Å²) in [5.74, 6) is -1.37. The number of benzene rings is 4. The summed E-state index contributed by atoms with van der Waals surface area (Å²) in [7, 11) is -4.26. The van der Waals surface area contributed by atoms with E-state index in [9.17, 15) is 22.4 Å². The highest BCUT2D eigenvalue weighted by Crippen LogP contribution is 2.26. The highest BCUT2D eigenvalue weighted by atomic mass is 32.2. The van der Waals surface area contributed by atoms with Gasteiger partial charge in [-0.2, -0.15) is 5.10 Å². The van der Waals surface area contributed by atoms with Crippen molar-refractivity contribution in [3.8, 4) is 5.75 Å². The number of hydrogen-bond acceptors (Lipinski definition) is 6. The fourth-order valence-electron chi connectivity index (χ4n) is 4.04. The van der Waals surface area contributed by atoms with Gasteiger partial charge in [0.15, 0.2) is 6.61 Å². The molecule has 0 aliphatic rings. The molecular formula is C32H31FN4O5S. The summed E-state index contributed by atoms with van der Waals surface area (Å²) in [6.07, 6.45) is 1.36. The number of halogens is 1. The molecule has 4 aromatic rings. The first-order chi connectivity index (χ1) is 20.6. The van der Waals surface area contributed by atoms with Crippen LogP contribution in [-0.2, 0) is 19.6 Å². The molecular weight excluding hydrogens is 571 g/mol. The maximum Gasteiger partial charge on any atom is 0.264 e. The number of nitrogens with one attached hydrogen (secondary N) is 2. The summed E-state index contributed by atoms with van der Waals surface area (Å²) in [6, 6.07) is 27.4. The van der Waals surface area contributed by atoms with Crippen LogP contribution in [0.4, 0.5) is 10.1 Å². The first kappa shape index (κ1) is 30.9. The molecule has 9 nitrogen and oxygen atoms in total. The average Bonchev–Trinajstić information content (AvgIpc) is 3.00. The molecule has 0 fully saturated rings. The quantitative estimate of drug-likeness (QED) is 0.180. The Morgan fingerprint density at radius 3 is 2.23 bits per heavy atom. The number of anilines is 1. The smallest absolute Gasteiger partial charge is 0.264 e. The molecule has 0 unspecified atom stereocenters. The number of nitrogens with zero attached hydrogens (tertiary/aromatic N) is 2. The lowest BCUT2D eigenvalue weighted by atomic mass is 10.1. The van der Waals surface area contributed by atoms with Gasteiger partial charge in [-0.05, 0) is 73.5 Å². The molecule has 4 aromatic carbocycles. The normalized spacial score (nSPS) is 12.0. The van der Waals surface area contributed by atoms with Gasteiger partial charge in [0.1, 0.15) is 18.1 Å². The van der Waals surface area contributed by atoms with E-state index >= 15 is 0 Å². The van der Waals surface area contributed by atoms with E-state index in [0.717, 1.165) is 17.2 Å². The molecule has 0 bridgehead atoms. The summed E-state index contributed by atoms with van der Waals surface area (Å²) in [5.41, 5.74) is 4.46. The monoisotopic (exact) mass is 602 g/mol. The third kappa shape index (κ3) is 8.49. The summed E-state index contributed by atoms with van der Waals surface area (Å²) in [5, 5.41) is 6.77. The van der Waals surface area contributed by atoms with E-state index in [1.54, 1.807) is 36.4 Å². The van der Waals surface area contributed by atoms with E-state index in [-0.39, 0.29) is 29.1 Å². The van der Waals surface area contributed by atoms with Gasteiger partial charge in [0.2, 0.25) is 0 Å². The minimum Gasteiger partial charge on any atom is -0.484 e. The van der Waals surface area contributed by atoms with Crippen LogP contribution in [0.5, 0.6) is 5.75 Å². The molecule has 2 N–H and O–H groups in total. The van der Waals surface area contributed by atoms with Crippen LogP contribution in [0.25, 0.3) is 0 Å². The van der Waals surface area contributed by atoms with Gasteiger partial charge in [0.05, 0.1) is 22.8 Å². The second kappa shape index (κ2) is 14.2. The number of para-hydroxylation sites is 1. The van der Waals surface area contributed by atoms with Crippen molar-refractivity contribution in [3.63, 3.8) is 0 Å². The number of aryl methyl sites for hydroxylation is 1. The molecule has 0 radical (unpaired) electrons. The Kier molecular flexibility index (Phi) is 10.2. The number of ether oxygens (including phenoxy) is 1. The van der Waals surface area contributed by atoms with Gasteiger partial charge in [-0.1, -0.05) is 60.2 Å². The molecule has 43 heavy (non-hydrogen) atoms. The summed E-state index contributed by atoms with van der Waals surface area (Å²) < 4.78 is 47.6. The predicted molar refractivity (Wildman–Crippen MR) is 163 cm³/mol. The fraction of sp³-hybridized carbons (Fsp3) is 0.156. The third-order valence-electron chi connectivity index (χ3n) is 6.35. The molecule has 0 spiro atoms. The Morgan fingerprint density at radius 2 is 1.56 bits per heavy atom. The molecule has 4 rings (SSSR count). The Bertz CT molecular complexity index is 1680. The van der Waals surface area contributed by atoms with Crippen LogP contribution < -0.4 is 19.8 Å². The van der Waals surface area contributed by atoms with Crippen molar-refractivity contribution in [1.29, 1.82) is 0 Å². The van der Waals surface area contributed by atoms with E-state index in [2.05, 4.69) is 15.8 Å². The molecule has 0 saturated heterocycles. The summed E-state index contributed by atoms with van der Waals surface area (Å²) in [6.45, 7) is 2.83. The standard InChI is InChI=1S/C32H31FN4O5S/c1-23-12-18-28(19-13-23)43(40,41)37(30-11-7-6-10-29(30)33)21-31(38)36-34-20-25-14-16-27(17-15-25)42-22-32(39)35-24(2)26-8-4-3-5-9-26/h3-20,24H,21-22H2,1-2H3,(H,35,39)(H,36,38)/b34-20-/t24-/m0/s1. The van der Waals surface area contributed by atoms with Crippen molar-refractivity contribution in [2.45, 2.75) is 24.8 Å². The average molecular weight is 603 g/mol. The highest BCUT2D eigenvalue weighted by molar-refractivity contribution is 7.92. The van der Waals surface area contributed by atoms with Crippen molar-refractivity contribution in [1.82, 2.24) is 10.7 Å². The van der Waals surface area contributed by atoms with E-state index in [1.807, 2.05) is 44.2 Å². The minimum absolute atomic E-state index is 0.0804. The van der Waals surface area contributed by atoms with Gasteiger partial charge < -0.3 is 10.1 Å². The fourth-order valence-corrected chi connectivity index (χ4v) is 5.47. The van der Waals surface area contributed by atoms with E-state index < -0.39 is 28.3 Å². The number of carbonyl (C=O) groups is 2. The van der Waals surface area contributed by atoms with Crippen LogP contribution in [0.1, 0.15) is 29.7 Å². The Morgan fingerprint density at radius 1 is 0.907 bits per heavy atom. The lowest BCUT2D eigenvalue weighted by Crippen LogP contribution is -2.40. The number of amides is 2. The lowest BCUT2D eigenvalue weighted by Gasteiger charge is -2.24. The van der Waals surface area contributed by atoms with Gasteiger partial charge in [-0.25, -0.2) is 18.2 Å². The highest BCUT2D eigenvalue weighted by Gasteiger charge is 2.29. The van der Waals surface area contributed by atoms with Crippen LogP contribution >= 0.6 is 0 Å². The summed E-state index contributed by atoms with van der Waals surface area (Å²) >= 11 is 0. The molecule has 2 amide bonds. The number of sulfonamides is 1. The number of hydrazone groups is 1. The maximum atomic E-state index is 14.6. The van der Waals surface area contributed by atoms with Gasteiger partial charge in [-0.3, -0.25) is 13.9 Å². The third-order valence-corrected chi connectivity index (χ3v) is 8.12. The minimum atomic E-state index is -4.26. The van der Waals surface area contributed by atoms with Crippen LogP contribution in [0, 0.1) is 12.7 Å². The molecule has 11 heteroatoms. The van der Waals surface area contributed by atoms with Gasteiger partial charge >= 0.3 is 0 Å². The molecule has 1 atom stereocenters. The van der Waals surface area contributed by atoms with Crippen molar-refractivity contribution >= 4 is 33.7 Å². The van der Waals surface area contributed by atoms with Crippen LogP contribution in [0.2, 0.25) is 0 Å². The Labute approximate surface area is 250 Å². The van der Waals surface area contributed by atoms with Crippen molar-refractivity contribution in [2.24, 2.45) is 5.10 Å². The van der Waals surface area contributed by atoms with Crippen LogP contribution in [-0.4, -0.2) is 39.6 Å². The zero-order valence-corrected chi connectivity index (χ0v) is 24.4. The topological polar surface area (TPSA) is 117 Å². The van der Waals surface area contributed by atoms with E-state index in [0.29, 0.717) is 15.6 Å². The number of carbonyl (C=O) groups excluding carboxylic acids is 2. The van der Waals surface area contributed by atoms with Crippen molar-refractivity contribution in [3.05, 3.63) is 126 Å². The second-order valence-electron chi connectivity index (χ2n) is 9.63. The molecule has 0 heterocycles. The van der Waals surface area contributed by atoms with E-state index in [1.165, 1.54) is 36.5 Å². The predicted octanol–water partition coefficient (Wildman–Crippen LogP) is 4.74. The molecule has 0 aliphatic heterocycles. The maximum absolute atomic E-state index is 14.6. The van der Waals surface area contributed by atoms with Crippen molar-refractivity contribution in [2.75, 3.05) is 17.5 Å². The van der Waals surface area contributed by atoms with Crippen molar-refractivity contribution < 1.29 is 27.1 Å². The molecule has 0 aromatic heterocycles.